The van der Waals surface area contributed by atoms with Crippen molar-refractivity contribution in [1.29, 1.82) is 0 Å². The van der Waals surface area contributed by atoms with Crippen LogP contribution < -0.4 is 4.74 Å². The lowest BCUT2D eigenvalue weighted by Gasteiger charge is -2.27. The van der Waals surface area contributed by atoms with E-state index in [9.17, 15) is 10.2 Å². The average Bonchev–Trinajstić information content (AvgIpc) is 2.41. The predicted molar refractivity (Wildman–Crippen MR) is 77.5 cm³/mol. The third kappa shape index (κ3) is 3.48. The summed E-state index contributed by atoms with van der Waals surface area (Å²) in [4.78, 5) is 0. The highest BCUT2D eigenvalue weighted by Crippen LogP contribution is 2.31. The summed E-state index contributed by atoms with van der Waals surface area (Å²) < 4.78 is 5.27. The van der Waals surface area contributed by atoms with E-state index in [-0.39, 0.29) is 5.92 Å². The van der Waals surface area contributed by atoms with Gasteiger partial charge >= 0.3 is 0 Å². The summed E-state index contributed by atoms with van der Waals surface area (Å²) in [6.07, 6.45) is 0.169. The number of aliphatic hydroxyl groups excluding tert-OH is 2. The maximum Gasteiger partial charge on any atom is 0.122 e. The topological polar surface area (TPSA) is 49.7 Å². The summed E-state index contributed by atoms with van der Waals surface area (Å²) in [5.74, 6) is 0.933. The minimum Gasteiger partial charge on any atom is -0.496 e. The molecule has 0 spiro atoms. The van der Waals surface area contributed by atoms with E-state index in [1.54, 1.807) is 7.11 Å². The molecule has 2 unspecified atom stereocenters. The van der Waals surface area contributed by atoms with Crippen molar-refractivity contribution in [1.82, 2.24) is 0 Å². The fourth-order valence-corrected chi connectivity index (χ4v) is 2.56. The molecule has 1 aromatic rings. The average molecular weight is 266 g/mol. The molecule has 2 atom stereocenters. The van der Waals surface area contributed by atoms with Crippen LogP contribution in [0.1, 0.15) is 49.5 Å². The first-order valence-electron chi connectivity index (χ1n) is 6.97. The Labute approximate surface area is 116 Å². The minimum absolute atomic E-state index is 0.122. The second-order valence-electron chi connectivity index (χ2n) is 5.19. The van der Waals surface area contributed by atoms with Gasteiger partial charge in [0.15, 0.2) is 0 Å². The highest BCUT2D eigenvalue weighted by atomic mass is 16.5. The third-order valence-electron chi connectivity index (χ3n) is 3.96. The summed E-state index contributed by atoms with van der Waals surface area (Å²) in [5.41, 5.74) is 2.71. The zero-order valence-corrected chi connectivity index (χ0v) is 12.6. The molecule has 0 saturated carbocycles. The number of aryl methyl sites for hydroxylation is 2. The molecule has 1 rings (SSSR count). The zero-order valence-electron chi connectivity index (χ0n) is 12.6. The Balaban J connectivity index is 3.05. The Bertz CT molecular complexity index is 411. The zero-order chi connectivity index (χ0) is 14.6. The Morgan fingerprint density at radius 2 is 1.63 bits per heavy atom. The van der Waals surface area contributed by atoms with Gasteiger partial charge in [-0.3, -0.25) is 0 Å². The van der Waals surface area contributed by atoms with Gasteiger partial charge in [0.25, 0.3) is 0 Å². The van der Waals surface area contributed by atoms with E-state index >= 15 is 0 Å². The fourth-order valence-electron chi connectivity index (χ4n) is 2.56. The second-order valence-corrected chi connectivity index (χ2v) is 5.19. The number of aliphatic hydroxyl groups is 2. The van der Waals surface area contributed by atoms with Gasteiger partial charge in [-0.2, -0.15) is 0 Å². The van der Waals surface area contributed by atoms with Crippen LogP contribution in [0.3, 0.4) is 0 Å². The first-order chi connectivity index (χ1) is 8.96. The van der Waals surface area contributed by atoms with E-state index in [1.165, 1.54) is 0 Å². The third-order valence-corrected chi connectivity index (χ3v) is 3.96. The minimum atomic E-state index is -0.838. The van der Waals surface area contributed by atoms with Crippen molar-refractivity contribution in [2.75, 3.05) is 7.11 Å². The molecule has 0 bridgehead atoms. The molecule has 0 amide bonds. The monoisotopic (exact) mass is 266 g/mol. The van der Waals surface area contributed by atoms with Crippen molar-refractivity contribution >= 4 is 0 Å². The van der Waals surface area contributed by atoms with Gasteiger partial charge in [-0.25, -0.2) is 0 Å². The summed E-state index contributed by atoms with van der Waals surface area (Å²) in [6, 6.07) is 3.82. The summed E-state index contributed by atoms with van der Waals surface area (Å²) in [6.45, 7) is 7.95. The van der Waals surface area contributed by atoms with Gasteiger partial charge < -0.3 is 14.9 Å². The van der Waals surface area contributed by atoms with Crippen molar-refractivity contribution in [2.24, 2.45) is 5.92 Å². The molecular formula is C16H26O3. The molecule has 108 valence electrons. The molecule has 0 radical (unpaired) electrons. The molecule has 0 aliphatic rings. The Morgan fingerprint density at radius 3 is 2.11 bits per heavy atom. The molecule has 0 fully saturated rings. The highest BCUT2D eigenvalue weighted by Gasteiger charge is 2.26. The molecular weight excluding hydrogens is 240 g/mol. The number of hydrogen-bond donors (Lipinski definition) is 2. The molecule has 0 heterocycles. The first-order valence-corrected chi connectivity index (χ1v) is 6.97. The van der Waals surface area contributed by atoms with E-state index in [1.807, 2.05) is 39.8 Å². The fraction of sp³-hybridized carbons (Fsp3) is 0.625. The van der Waals surface area contributed by atoms with Crippen molar-refractivity contribution in [2.45, 2.75) is 52.7 Å². The number of ether oxygens (including phenoxy) is 1. The smallest absolute Gasteiger partial charge is 0.122 e. The van der Waals surface area contributed by atoms with E-state index in [0.29, 0.717) is 0 Å². The van der Waals surface area contributed by atoms with Crippen LogP contribution in [-0.2, 0) is 0 Å². The molecule has 3 heteroatoms. The largest absolute Gasteiger partial charge is 0.496 e. The van der Waals surface area contributed by atoms with Crippen LogP contribution in [0.2, 0.25) is 0 Å². The highest BCUT2D eigenvalue weighted by molar-refractivity contribution is 5.42. The maximum atomic E-state index is 10.4. The molecule has 2 N–H and O–H groups in total. The molecule has 0 aliphatic carbocycles. The van der Waals surface area contributed by atoms with Crippen LogP contribution in [0.4, 0.5) is 0 Å². The van der Waals surface area contributed by atoms with Gasteiger partial charge in [0.1, 0.15) is 11.9 Å². The lowest BCUT2D eigenvalue weighted by molar-refractivity contribution is -0.0212. The lowest BCUT2D eigenvalue weighted by Crippen LogP contribution is -2.27. The second kappa shape index (κ2) is 6.92. The van der Waals surface area contributed by atoms with Gasteiger partial charge in [-0.1, -0.05) is 26.7 Å². The van der Waals surface area contributed by atoms with Crippen LogP contribution in [0.25, 0.3) is 0 Å². The van der Waals surface area contributed by atoms with Crippen LogP contribution in [-0.4, -0.2) is 23.4 Å². The van der Waals surface area contributed by atoms with Gasteiger partial charge in [0, 0.05) is 0 Å². The summed E-state index contributed by atoms with van der Waals surface area (Å²) in [7, 11) is 1.64. The molecule has 19 heavy (non-hydrogen) atoms. The van der Waals surface area contributed by atoms with Crippen molar-refractivity contribution in [3.05, 3.63) is 28.8 Å². The van der Waals surface area contributed by atoms with E-state index in [2.05, 4.69) is 0 Å². The number of rotatable bonds is 6. The summed E-state index contributed by atoms with van der Waals surface area (Å²) >= 11 is 0. The lowest BCUT2D eigenvalue weighted by atomic mass is 9.87. The SMILES string of the molecule is CCC(CC)C(O)C(O)c1cc(C)c(OC)cc1C. The van der Waals surface area contributed by atoms with Crippen molar-refractivity contribution in [3.63, 3.8) is 0 Å². The van der Waals surface area contributed by atoms with Crippen molar-refractivity contribution in [3.8, 4) is 5.75 Å². The van der Waals surface area contributed by atoms with E-state index in [4.69, 9.17) is 4.74 Å². The predicted octanol–water partition coefficient (Wildman–Crippen LogP) is 3.14. The molecule has 1 aromatic carbocycles. The molecule has 3 nitrogen and oxygen atoms in total. The number of benzene rings is 1. The Kier molecular flexibility index (Phi) is 5.83. The van der Waals surface area contributed by atoms with Crippen LogP contribution in [0.15, 0.2) is 12.1 Å². The Morgan fingerprint density at radius 1 is 1.05 bits per heavy atom. The Hall–Kier alpha value is -1.06. The van der Waals surface area contributed by atoms with Gasteiger partial charge in [-0.15, -0.1) is 0 Å². The maximum absolute atomic E-state index is 10.4. The van der Waals surface area contributed by atoms with Gasteiger partial charge in [0.2, 0.25) is 0 Å². The quantitative estimate of drug-likeness (QED) is 0.831. The summed E-state index contributed by atoms with van der Waals surface area (Å²) in [5, 5.41) is 20.7. The number of hydrogen-bond acceptors (Lipinski definition) is 3. The number of methoxy groups -OCH3 is 1. The van der Waals surface area contributed by atoms with Crippen LogP contribution in [0, 0.1) is 19.8 Å². The van der Waals surface area contributed by atoms with Gasteiger partial charge in [-0.05, 0) is 48.6 Å². The van der Waals surface area contributed by atoms with Gasteiger partial charge in [0.05, 0.1) is 13.2 Å². The molecule has 0 aromatic heterocycles. The standard InChI is InChI=1S/C16H26O3/c1-6-12(7-2)15(17)16(18)13-8-11(4)14(19-5)9-10(13)3/h8-9,12,15-18H,6-7H2,1-5H3. The molecule has 0 aliphatic heterocycles. The molecule has 0 saturated heterocycles. The van der Waals surface area contributed by atoms with Crippen molar-refractivity contribution < 1.29 is 14.9 Å². The van der Waals surface area contributed by atoms with E-state index < -0.39 is 12.2 Å². The van der Waals surface area contributed by atoms with Crippen LogP contribution >= 0.6 is 0 Å². The normalized spacial score (nSPS) is 14.5. The van der Waals surface area contributed by atoms with Crippen LogP contribution in [0.5, 0.6) is 5.75 Å². The van der Waals surface area contributed by atoms with E-state index in [0.717, 1.165) is 35.3 Å². The first kappa shape index (κ1) is 16.0.